The van der Waals surface area contributed by atoms with Crippen molar-refractivity contribution in [2.75, 3.05) is 19.6 Å². The van der Waals surface area contributed by atoms with Crippen LogP contribution in [0.15, 0.2) is 42.6 Å². The van der Waals surface area contributed by atoms with Crippen molar-refractivity contribution in [3.05, 3.63) is 64.7 Å². The number of halogens is 1. The van der Waals surface area contributed by atoms with E-state index in [2.05, 4.69) is 29.8 Å². The molecule has 6 nitrogen and oxygen atoms in total. The maximum atomic E-state index is 12.4. The first-order valence-corrected chi connectivity index (χ1v) is 12.3. The van der Waals surface area contributed by atoms with Crippen LogP contribution in [0.5, 0.6) is 0 Å². The summed E-state index contributed by atoms with van der Waals surface area (Å²) < 4.78 is 1.92. The zero-order chi connectivity index (χ0) is 23.8. The van der Waals surface area contributed by atoms with Gasteiger partial charge in [-0.25, -0.2) is 4.98 Å². The molecule has 0 spiro atoms. The normalized spacial score (nSPS) is 16.9. The zero-order valence-electron chi connectivity index (χ0n) is 20.0. The molecular weight excluding hydrogens is 436 g/mol. The van der Waals surface area contributed by atoms with Gasteiger partial charge in [-0.3, -0.25) is 14.5 Å². The van der Waals surface area contributed by atoms with E-state index >= 15 is 0 Å². The van der Waals surface area contributed by atoms with Gasteiger partial charge in [0.15, 0.2) is 5.78 Å². The van der Waals surface area contributed by atoms with Gasteiger partial charge in [0.1, 0.15) is 11.5 Å². The van der Waals surface area contributed by atoms with E-state index in [0.29, 0.717) is 31.4 Å². The van der Waals surface area contributed by atoms with Crippen LogP contribution in [-0.4, -0.2) is 56.7 Å². The predicted octanol–water partition coefficient (Wildman–Crippen LogP) is 4.76. The van der Waals surface area contributed by atoms with E-state index in [1.165, 1.54) is 18.4 Å². The second kappa shape index (κ2) is 12.1. The number of hydrogen-bond donors (Lipinski definition) is 0. The summed E-state index contributed by atoms with van der Waals surface area (Å²) in [5.74, 6) is 0.827. The zero-order valence-corrected chi connectivity index (χ0v) is 20.7. The Hall–Kier alpha value is -2.44. The van der Waals surface area contributed by atoms with E-state index in [0.717, 1.165) is 36.8 Å². The van der Waals surface area contributed by atoms with Gasteiger partial charge >= 0.3 is 0 Å². The minimum absolute atomic E-state index is 0.0165. The monoisotopic (exact) mass is 470 g/mol. The quantitative estimate of drug-likeness (QED) is 0.451. The third-order valence-electron chi connectivity index (χ3n) is 6.25. The van der Waals surface area contributed by atoms with E-state index in [4.69, 9.17) is 11.6 Å². The Kier molecular flexibility index (Phi) is 9.27. The molecule has 1 saturated heterocycles. The molecule has 1 amide bonds. The number of rotatable bonds is 6. The maximum Gasteiger partial charge on any atom is 0.246 e. The number of imidazole rings is 1. The largest absolute Gasteiger partial charge is 0.330 e. The predicted molar refractivity (Wildman–Crippen MR) is 133 cm³/mol. The van der Waals surface area contributed by atoms with Gasteiger partial charge < -0.3 is 9.47 Å². The van der Waals surface area contributed by atoms with Gasteiger partial charge in [0.25, 0.3) is 0 Å². The Morgan fingerprint density at radius 3 is 2.55 bits per heavy atom. The number of carbonyl (C=O) groups is 2. The standard InChI is InChI=1S/C17H24N4O2.C9H11Cl/c1-13(19-7-3-4-8-19)5-6-17(23)20-9-10-21-15(14(2)22)11-18-16(21)12-20;1-2-5-8-6-3-4-7-9(8)10/h5-6,11,13H,3-4,7-10,12H2,1-2H3;3-4,6-7H,2,5H2,1H3/b6-5+;. The number of carbonyl (C=O) groups excluding carboxylic acids is 2. The highest BCUT2D eigenvalue weighted by Gasteiger charge is 2.24. The first kappa shape index (κ1) is 25.2. The Morgan fingerprint density at radius 1 is 1.15 bits per heavy atom. The van der Waals surface area contributed by atoms with Crippen molar-refractivity contribution in [2.24, 2.45) is 0 Å². The minimum atomic E-state index is 0.0165. The fraction of sp³-hybridized carbons (Fsp3) is 0.500. The van der Waals surface area contributed by atoms with E-state index in [-0.39, 0.29) is 11.7 Å². The van der Waals surface area contributed by atoms with Crippen molar-refractivity contribution >= 4 is 23.3 Å². The lowest BCUT2D eigenvalue weighted by Gasteiger charge is -2.27. The smallest absolute Gasteiger partial charge is 0.246 e. The molecule has 0 saturated carbocycles. The van der Waals surface area contributed by atoms with Crippen molar-refractivity contribution in [3.8, 4) is 0 Å². The van der Waals surface area contributed by atoms with Crippen molar-refractivity contribution in [1.82, 2.24) is 19.4 Å². The van der Waals surface area contributed by atoms with Gasteiger partial charge in [0, 0.05) is 37.2 Å². The first-order valence-electron chi connectivity index (χ1n) is 11.9. The van der Waals surface area contributed by atoms with Crippen LogP contribution in [0.2, 0.25) is 5.02 Å². The molecule has 1 fully saturated rings. The number of aromatic nitrogens is 2. The summed E-state index contributed by atoms with van der Waals surface area (Å²) in [7, 11) is 0. The molecule has 0 radical (unpaired) electrons. The van der Waals surface area contributed by atoms with Gasteiger partial charge in [-0.15, -0.1) is 0 Å². The topological polar surface area (TPSA) is 58.4 Å². The van der Waals surface area contributed by atoms with Crippen LogP contribution in [-0.2, 0) is 24.3 Å². The summed E-state index contributed by atoms with van der Waals surface area (Å²) in [5, 5.41) is 0.893. The van der Waals surface area contributed by atoms with Gasteiger partial charge in [0.2, 0.25) is 5.91 Å². The molecule has 2 aliphatic heterocycles. The summed E-state index contributed by atoms with van der Waals surface area (Å²) in [6.07, 6.45) is 10.0. The number of hydrogen-bond acceptors (Lipinski definition) is 4. The second-order valence-corrected chi connectivity index (χ2v) is 9.12. The van der Waals surface area contributed by atoms with Crippen molar-refractivity contribution in [1.29, 1.82) is 0 Å². The average molecular weight is 471 g/mol. The molecule has 2 aliphatic rings. The van der Waals surface area contributed by atoms with Gasteiger partial charge in [-0.1, -0.05) is 49.2 Å². The number of amides is 1. The number of ketones is 1. The van der Waals surface area contributed by atoms with Crippen LogP contribution in [0.25, 0.3) is 0 Å². The molecule has 4 rings (SSSR count). The van der Waals surface area contributed by atoms with Crippen LogP contribution in [0.1, 0.15) is 61.9 Å². The molecule has 7 heteroatoms. The number of aryl methyl sites for hydroxylation is 1. The first-order chi connectivity index (χ1) is 15.9. The molecule has 33 heavy (non-hydrogen) atoms. The number of nitrogens with zero attached hydrogens (tertiary/aromatic N) is 4. The highest BCUT2D eigenvalue weighted by atomic mass is 35.5. The second-order valence-electron chi connectivity index (χ2n) is 8.71. The van der Waals surface area contributed by atoms with Crippen molar-refractivity contribution in [3.63, 3.8) is 0 Å². The lowest BCUT2D eigenvalue weighted by molar-refractivity contribution is -0.127. The summed E-state index contributed by atoms with van der Waals surface area (Å²) in [4.78, 5) is 32.4. The molecule has 1 unspecified atom stereocenters. The fourth-order valence-electron chi connectivity index (χ4n) is 4.30. The molecule has 3 heterocycles. The van der Waals surface area contributed by atoms with Crippen molar-refractivity contribution < 1.29 is 9.59 Å². The molecule has 0 N–H and O–H groups in total. The number of likely N-dealkylation sites (tertiary alicyclic amines) is 1. The Morgan fingerprint density at radius 2 is 1.88 bits per heavy atom. The van der Waals surface area contributed by atoms with E-state index in [1.807, 2.05) is 28.8 Å². The third kappa shape index (κ3) is 6.78. The molecule has 0 bridgehead atoms. The highest BCUT2D eigenvalue weighted by molar-refractivity contribution is 6.31. The average Bonchev–Trinajstić information content (AvgIpc) is 3.49. The number of fused-ring (bicyclic) bond motifs is 1. The molecule has 0 aliphatic carbocycles. The van der Waals surface area contributed by atoms with Gasteiger partial charge in [0.05, 0.1) is 12.7 Å². The Labute approximate surface area is 202 Å². The van der Waals surface area contributed by atoms with Crippen LogP contribution in [0.4, 0.5) is 0 Å². The van der Waals surface area contributed by atoms with Crippen LogP contribution in [0, 0.1) is 0 Å². The summed E-state index contributed by atoms with van der Waals surface area (Å²) in [6, 6.07) is 8.30. The fourth-order valence-corrected chi connectivity index (χ4v) is 4.53. The Balaban J connectivity index is 0.000000257. The molecule has 1 aromatic heterocycles. The van der Waals surface area contributed by atoms with Crippen LogP contribution >= 0.6 is 11.6 Å². The number of benzene rings is 1. The van der Waals surface area contributed by atoms with Crippen LogP contribution in [0.3, 0.4) is 0 Å². The number of Topliss-reactive ketones (excluding diaryl/α,β-unsaturated/α-hetero) is 1. The minimum Gasteiger partial charge on any atom is -0.330 e. The van der Waals surface area contributed by atoms with E-state index < -0.39 is 0 Å². The van der Waals surface area contributed by atoms with E-state index in [9.17, 15) is 9.59 Å². The molecule has 2 aromatic rings. The van der Waals surface area contributed by atoms with Crippen LogP contribution < -0.4 is 0 Å². The maximum absolute atomic E-state index is 12.4. The van der Waals surface area contributed by atoms with Gasteiger partial charge in [-0.05, 0) is 50.9 Å². The summed E-state index contributed by atoms with van der Waals surface area (Å²) >= 11 is 5.90. The third-order valence-corrected chi connectivity index (χ3v) is 6.62. The summed E-state index contributed by atoms with van der Waals surface area (Å²) in [5.41, 5.74) is 1.89. The van der Waals surface area contributed by atoms with E-state index in [1.54, 1.807) is 24.1 Å². The SMILES string of the molecule is CC(=O)c1cnc2n1CCN(C(=O)/C=C/C(C)N1CCCC1)C2.CCCc1ccccc1Cl. The van der Waals surface area contributed by atoms with Crippen molar-refractivity contribution in [2.45, 2.75) is 65.6 Å². The lowest BCUT2D eigenvalue weighted by atomic mass is 10.1. The highest BCUT2D eigenvalue weighted by Crippen LogP contribution is 2.17. The lowest BCUT2D eigenvalue weighted by Crippen LogP contribution is -2.38. The molecule has 178 valence electrons. The molecule has 1 aromatic carbocycles. The van der Waals surface area contributed by atoms with Gasteiger partial charge in [-0.2, -0.15) is 0 Å². The molecule has 1 atom stereocenters. The summed E-state index contributed by atoms with van der Waals surface area (Å²) in [6.45, 7) is 9.79. The molecular formula is C26H35ClN4O2. The Bertz CT molecular complexity index is 978.